The maximum absolute atomic E-state index is 2.58. The molecule has 0 amide bonds. The van der Waals surface area contributed by atoms with Gasteiger partial charge >= 0.3 is 0 Å². The molecule has 0 radical (unpaired) electrons. The minimum atomic E-state index is -0.242. The third kappa shape index (κ3) is 7.18. The minimum Gasteiger partial charge on any atom is -0.311 e. The molecule has 404 valence electrons. The van der Waals surface area contributed by atoms with Gasteiger partial charge in [0.1, 0.15) is 0 Å². The predicted octanol–water partition coefficient (Wildman–Crippen LogP) is 19.4. The van der Waals surface area contributed by atoms with E-state index < -0.39 is 0 Å². The van der Waals surface area contributed by atoms with Gasteiger partial charge in [0.2, 0.25) is 0 Å². The van der Waals surface area contributed by atoms with Gasteiger partial charge in [0.05, 0.1) is 0 Å². The summed E-state index contributed by atoms with van der Waals surface area (Å²) in [6.07, 6.45) is 0. The first-order valence-electron chi connectivity index (χ1n) is 29.9. The zero-order valence-electron chi connectivity index (χ0n) is 48.3. The molecule has 12 aromatic carbocycles. The van der Waals surface area contributed by atoms with Crippen molar-refractivity contribution in [2.45, 2.75) is 45.4 Å². The van der Waals surface area contributed by atoms with Crippen LogP contribution in [0.1, 0.15) is 55.5 Å². The molecule has 3 aliphatic heterocycles. The lowest BCUT2D eigenvalue weighted by Gasteiger charge is -2.49. The highest BCUT2D eigenvalue weighted by Gasteiger charge is 2.50. The van der Waals surface area contributed by atoms with Gasteiger partial charge in [-0.2, -0.15) is 0 Å². The van der Waals surface area contributed by atoms with Crippen LogP contribution in [-0.2, 0) is 10.8 Å². The smallest absolute Gasteiger partial charge is 0.257 e. The van der Waals surface area contributed by atoms with Gasteiger partial charge in [0.15, 0.2) is 0 Å². The third-order valence-electron chi connectivity index (χ3n) is 19.2. The molecule has 0 bridgehead atoms. The normalized spacial score (nSPS) is 14.5. The van der Waals surface area contributed by atoms with E-state index in [0.717, 1.165) is 51.2 Å². The Morgan fingerprint density at radius 3 is 1.02 bits per heavy atom. The summed E-state index contributed by atoms with van der Waals surface area (Å²) < 4.78 is 0. The number of rotatable bonds is 9. The first-order chi connectivity index (χ1) is 41.6. The van der Waals surface area contributed by atoms with Crippen LogP contribution in [0, 0.1) is 6.92 Å². The maximum Gasteiger partial charge on any atom is 0.257 e. The average Bonchev–Trinajstić information content (AvgIpc) is 1.31. The van der Waals surface area contributed by atoms with Gasteiger partial charge in [-0.25, -0.2) is 0 Å². The molecule has 6 heteroatoms. The highest BCUT2D eigenvalue weighted by atomic mass is 15.2. The Morgan fingerprint density at radius 2 is 0.600 bits per heavy atom. The quantitative estimate of drug-likeness (QED) is 0.134. The number of para-hydroxylation sites is 4. The Hall–Kier alpha value is -10.3. The average molecular weight is 1090 g/mol. The highest BCUT2D eigenvalue weighted by Crippen LogP contribution is 2.57. The zero-order valence-corrected chi connectivity index (χ0v) is 48.3. The molecule has 5 nitrogen and oxygen atoms in total. The highest BCUT2D eigenvalue weighted by molar-refractivity contribution is 7.02. The lowest BCUT2D eigenvalue weighted by Crippen LogP contribution is -2.64. The number of hydrogen-bond donors (Lipinski definition) is 0. The van der Waals surface area contributed by atoms with Gasteiger partial charge in [-0.05, 0) is 213 Å². The summed E-state index contributed by atoms with van der Waals surface area (Å²) in [4.78, 5) is 12.5. The molecule has 0 spiro atoms. The van der Waals surface area contributed by atoms with Crippen LogP contribution in [0.2, 0.25) is 0 Å². The molecule has 0 atom stereocenters. The van der Waals surface area contributed by atoms with Gasteiger partial charge < -0.3 is 24.5 Å². The molecule has 2 aliphatic carbocycles. The topological polar surface area (TPSA) is 16.2 Å². The Kier molecular flexibility index (Phi) is 10.6. The summed E-state index contributed by atoms with van der Waals surface area (Å²) in [5.74, 6) is 0. The van der Waals surface area contributed by atoms with Crippen molar-refractivity contribution in [2.75, 3.05) is 24.5 Å². The zero-order chi connectivity index (χ0) is 56.9. The Balaban J connectivity index is 0.850. The van der Waals surface area contributed by atoms with Gasteiger partial charge in [0, 0.05) is 96.1 Å². The molecule has 3 heterocycles. The van der Waals surface area contributed by atoms with E-state index in [1.54, 1.807) is 0 Å². The summed E-state index contributed by atoms with van der Waals surface area (Å²) >= 11 is 0. The van der Waals surface area contributed by atoms with E-state index in [1.165, 1.54) is 101 Å². The number of fused-ring (bicyclic) bond motifs is 6. The largest absolute Gasteiger partial charge is 0.311 e. The summed E-state index contributed by atoms with van der Waals surface area (Å²) in [5, 5.41) is 0. The van der Waals surface area contributed by atoms with E-state index in [9.17, 15) is 0 Å². The van der Waals surface area contributed by atoms with Crippen molar-refractivity contribution >= 4 is 108 Å². The number of aryl methyl sites for hydroxylation is 1. The minimum absolute atomic E-state index is 0.0129. The van der Waals surface area contributed by atoms with Crippen LogP contribution in [0.5, 0.6) is 0 Å². The van der Waals surface area contributed by atoms with Gasteiger partial charge in [0.25, 0.3) is 6.71 Å². The fourth-order valence-corrected chi connectivity index (χ4v) is 15.3. The van der Waals surface area contributed by atoms with Gasteiger partial charge in [-0.15, -0.1) is 0 Å². The maximum atomic E-state index is 2.58. The number of anilines is 15. The Labute approximate surface area is 498 Å². The first-order valence-corrected chi connectivity index (χ1v) is 29.9. The fourth-order valence-electron chi connectivity index (χ4n) is 15.3. The SMILES string of the molecule is Cc1ccc(N2c3cccc4c3B3c5c2cccc5N(c2ccc5c(c2)-c2ccc(N(c6ccccc6)c6ccccc6)cc2C5(C)C)c2cccc(c23)N4c2ccc3c(c2)-c2cc(N(c4ccccc4)c4ccccc4)ccc2C3(C)C)cc1. The number of hydrogen-bond acceptors (Lipinski definition) is 5. The second kappa shape index (κ2) is 18.4. The van der Waals surface area contributed by atoms with Crippen molar-refractivity contribution in [3.8, 4) is 22.3 Å². The molecule has 0 fully saturated rings. The lowest BCUT2D eigenvalue weighted by atomic mass is 9.32. The third-order valence-corrected chi connectivity index (χ3v) is 19.2. The molecular weight excluding hydrogens is 1030 g/mol. The van der Waals surface area contributed by atoms with E-state index >= 15 is 0 Å². The Bertz CT molecular complexity index is 4610. The van der Waals surface area contributed by atoms with Crippen LogP contribution in [0.3, 0.4) is 0 Å². The number of benzene rings is 12. The van der Waals surface area contributed by atoms with Crippen LogP contribution >= 0.6 is 0 Å². The van der Waals surface area contributed by atoms with E-state index in [2.05, 4.69) is 332 Å². The van der Waals surface area contributed by atoms with E-state index in [-0.39, 0.29) is 17.5 Å². The first kappa shape index (κ1) is 49.3. The molecule has 0 unspecified atom stereocenters. The monoisotopic (exact) mass is 1090 g/mol. The molecule has 12 aromatic rings. The second-order valence-corrected chi connectivity index (χ2v) is 24.6. The Morgan fingerprint density at radius 1 is 0.271 bits per heavy atom. The van der Waals surface area contributed by atoms with Crippen molar-refractivity contribution in [1.82, 2.24) is 0 Å². The molecule has 85 heavy (non-hydrogen) atoms. The van der Waals surface area contributed by atoms with Gasteiger partial charge in [-0.1, -0.05) is 161 Å². The lowest BCUT2D eigenvalue weighted by molar-refractivity contribution is 0.660. The van der Waals surface area contributed by atoms with Crippen molar-refractivity contribution in [3.05, 3.63) is 301 Å². The summed E-state index contributed by atoms with van der Waals surface area (Å²) in [6, 6.07) is 102. The van der Waals surface area contributed by atoms with Crippen molar-refractivity contribution in [1.29, 1.82) is 0 Å². The molecule has 17 rings (SSSR count). The van der Waals surface area contributed by atoms with Crippen LogP contribution in [-0.4, -0.2) is 6.71 Å². The summed E-state index contributed by atoms with van der Waals surface area (Å²) in [7, 11) is 0. The molecule has 0 saturated heterocycles. The van der Waals surface area contributed by atoms with Crippen LogP contribution in [0.15, 0.2) is 273 Å². The van der Waals surface area contributed by atoms with Crippen molar-refractivity contribution in [3.63, 3.8) is 0 Å². The summed E-state index contributed by atoms with van der Waals surface area (Å²) in [6.45, 7) is 11.7. The van der Waals surface area contributed by atoms with Crippen LogP contribution in [0.4, 0.5) is 85.3 Å². The standard InChI is InChI=1S/C79H60BN5/c1-51-35-37-56(38-36-51)83-69-29-18-31-71-75(69)80-76-70(83)30-19-32-72(76)85(59-42-46-67-64(49-59)63-47-57(40-44-66(63)78(67,2)3)81(52-21-10-6-11-22-52)53-23-12-7-13-24-53)74-34-20-33-73(77(74)80)84(71)58-41-45-65-62(48-58)61-43-39-60(50-68(61)79(65,4)5)82(54-25-14-8-15-26-54)55-27-16-9-17-28-55/h6-50H,1-5H3. The van der Waals surface area contributed by atoms with Crippen LogP contribution < -0.4 is 40.9 Å². The molecular formula is C79H60BN5. The van der Waals surface area contributed by atoms with Crippen molar-refractivity contribution in [2.24, 2.45) is 0 Å². The van der Waals surface area contributed by atoms with E-state index in [0.29, 0.717) is 0 Å². The predicted molar refractivity (Wildman–Crippen MR) is 358 cm³/mol. The fraction of sp³-hybridized carbons (Fsp3) is 0.0886. The summed E-state index contributed by atoms with van der Waals surface area (Å²) in [5.41, 5.74) is 32.7. The molecule has 0 saturated carbocycles. The van der Waals surface area contributed by atoms with E-state index in [1.807, 2.05) is 0 Å². The molecule has 0 aromatic heterocycles. The van der Waals surface area contributed by atoms with Crippen LogP contribution in [0.25, 0.3) is 22.3 Å². The second-order valence-electron chi connectivity index (χ2n) is 24.6. The van der Waals surface area contributed by atoms with Crippen molar-refractivity contribution < 1.29 is 0 Å². The van der Waals surface area contributed by atoms with Gasteiger partial charge in [-0.3, -0.25) is 0 Å². The molecule has 0 N–H and O–H groups in total. The number of nitrogens with zero attached hydrogens (tertiary/aromatic N) is 5. The molecule has 5 aliphatic rings. The van der Waals surface area contributed by atoms with E-state index in [4.69, 9.17) is 0 Å².